The van der Waals surface area contributed by atoms with Crippen LogP contribution in [0.4, 0.5) is 0 Å². The highest BCUT2D eigenvalue weighted by atomic mass is 32.1. The van der Waals surface area contributed by atoms with Crippen LogP contribution >= 0.6 is 22.7 Å². The standard InChI is InChI=1S/C30H18N4S2/c1-2-6-22-21(5-1)27(19-9-11-25(33-17-19)29-31-13-15-35-29)23-7-3-4-8-24(23)28(22)20-10-12-26(34-18-20)30-32-14-16-36-30/h1-18H. The summed E-state index contributed by atoms with van der Waals surface area (Å²) < 4.78 is 0. The van der Waals surface area contributed by atoms with Crippen LogP contribution in [0.15, 0.2) is 108 Å². The Hall–Kier alpha value is -4.26. The zero-order chi connectivity index (χ0) is 23.9. The average molecular weight is 499 g/mol. The molecular weight excluding hydrogens is 480 g/mol. The zero-order valence-corrected chi connectivity index (χ0v) is 20.6. The van der Waals surface area contributed by atoms with Crippen molar-refractivity contribution in [1.82, 2.24) is 19.9 Å². The largest absolute Gasteiger partial charge is 0.253 e. The minimum Gasteiger partial charge on any atom is -0.253 e. The summed E-state index contributed by atoms with van der Waals surface area (Å²) in [5.41, 5.74) is 6.35. The number of nitrogens with zero attached hydrogens (tertiary/aromatic N) is 4. The molecule has 0 N–H and O–H groups in total. The van der Waals surface area contributed by atoms with Crippen LogP contribution < -0.4 is 0 Å². The van der Waals surface area contributed by atoms with Crippen LogP contribution in [0.25, 0.3) is 65.2 Å². The summed E-state index contributed by atoms with van der Waals surface area (Å²) in [6.45, 7) is 0. The Kier molecular flexibility index (Phi) is 5.12. The Balaban J connectivity index is 1.45. The van der Waals surface area contributed by atoms with Gasteiger partial charge in [0.15, 0.2) is 0 Å². The minimum absolute atomic E-state index is 0.894. The van der Waals surface area contributed by atoms with E-state index in [-0.39, 0.29) is 0 Å². The van der Waals surface area contributed by atoms with E-state index in [2.05, 4.69) is 82.8 Å². The summed E-state index contributed by atoms with van der Waals surface area (Å²) in [4.78, 5) is 18.3. The van der Waals surface area contributed by atoms with Gasteiger partial charge >= 0.3 is 0 Å². The number of hydrogen-bond donors (Lipinski definition) is 0. The lowest BCUT2D eigenvalue weighted by molar-refractivity contribution is 1.29. The van der Waals surface area contributed by atoms with Gasteiger partial charge in [0.2, 0.25) is 0 Å². The molecule has 6 heteroatoms. The summed E-state index contributed by atoms with van der Waals surface area (Å²) in [6.07, 6.45) is 7.56. The van der Waals surface area contributed by atoms with Crippen molar-refractivity contribution < 1.29 is 0 Å². The molecule has 0 amide bonds. The predicted molar refractivity (Wildman–Crippen MR) is 150 cm³/mol. The Bertz CT molecular complexity index is 1610. The first-order chi connectivity index (χ1) is 17.9. The smallest absolute Gasteiger partial charge is 0.141 e. The molecule has 0 aliphatic carbocycles. The highest BCUT2D eigenvalue weighted by molar-refractivity contribution is 7.13. The number of fused-ring (bicyclic) bond motifs is 2. The van der Waals surface area contributed by atoms with Crippen molar-refractivity contribution in [1.29, 1.82) is 0 Å². The van der Waals surface area contributed by atoms with Crippen molar-refractivity contribution in [2.75, 3.05) is 0 Å². The Labute approximate surface area is 215 Å². The highest BCUT2D eigenvalue weighted by Gasteiger charge is 2.17. The van der Waals surface area contributed by atoms with Crippen molar-refractivity contribution in [3.8, 4) is 43.7 Å². The molecule has 7 rings (SSSR count). The molecule has 4 heterocycles. The summed E-state index contributed by atoms with van der Waals surface area (Å²) in [5, 5.41) is 10.6. The van der Waals surface area contributed by atoms with E-state index in [1.54, 1.807) is 22.7 Å². The predicted octanol–water partition coefficient (Wildman–Crippen LogP) is 8.36. The van der Waals surface area contributed by atoms with Gasteiger partial charge in [-0.25, -0.2) is 9.97 Å². The van der Waals surface area contributed by atoms with Crippen molar-refractivity contribution in [3.05, 3.63) is 108 Å². The van der Waals surface area contributed by atoms with Gasteiger partial charge in [0.1, 0.15) is 10.0 Å². The van der Waals surface area contributed by atoms with Gasteiger partial charge in [0, 0.05) is 46.7 Å². The highest BCUT2D eigenvalue weighted by Crippen LogP contribution is 2.43. The lowest BCUT2D eigenvalue weighted by Gasteiger charge is -2.17. The molecule has 36 heavy (non-hydrogen) atoms. The number of thiazole rings is 2. The molecule has 0 atom stereocenters. The second kappa shape index (κ2) is 8.75. The van der Waals surface area contributed by atoms with Crippen LogP contribution in [0.2, 0.25) is 0 Å². The van der Waals surface area contributed by atoms with E-state index in [0.717, 1.165) is 32.5 Å². The summed E-state index contributed by atoms with van der Waals surface area (Å²) >= 11 is 3.20. The molecule has 0 saturated carbocycles. The van der Waals surface area contributed by atoms with Crippen molar-refractivity contribution in [2.45, 2.75) is 0 Å². The van der Waals surface area contributed by atoms with E-state index >= 15 is 0 Å². The number of pyridine rings is 2. The zero-order valence-electron chi connectivity index (χ0n) is 19.0. The van der Waals surface area contributed by atoms with Crippen LogP contribution in [0.5, 0.6) is 0 Å². The maximum atomic E-state index is 4.76. The molecule has 7 aromatic rings. The van der Waals surface area contributed by atoms with Crippen molar-refractivity contribution in [2.24, 2.45) is 0 Å². The van der Waals surface area contributed by atoms with Crippen LogP contribution in [0.3, 0.4) is 0 Å². The van der Waals surface area contributed by atoms with Crippen LogP contribution in [-0.2, 0) is 0 Å². The first-order valence-electron chi connectivity index (χ1n) is 11.5. The Morgan fingerprint density at radius 1 is 0.444 bits per heavy atom. The Morgan fingerprint density at radius 2 is 0.861 bits per heavy atom. The van der Waals surface area contributed by atoms with E-state index in [1.165, 1.54) is 32.7 Å². The molecule has 0 aliphatic rings. The molecule has 0 radical (unpaired) electrons. The number of aromatic nitrogens is 4. The second-order valence-corrected chi connectivity index (χ2v) is 10.2. The normalized spacial score (nSPS) is 11.3. The van der Waals surface area contributed by atoms with Gasteiger partial charge in [-0.3, -0.25) is 9.97 Å². The summed E-state index contributed by atoms with van der Waals surface area (Å²) in [5.74, 6) is 0. The van der Waals surface area contributed by atoms with Gasteiger partial charge in [-0.05, 0) is 44.8 Å². The van der Waals surface area contributed by atoms with E-state index in [0.29, 0.717) is 0 Å². The first-order valence-corrected chi connectivity index (χ1v) is 13.3. The quantitative estimate of drug-likeness (QED) is 0.229. The van der Waals surface area contributed by atoms with Gasteiger partial charge in [-0.1, -0.05) is 60.7 Å². The fraction of sp³-hybridized carbons (Fsp3) is 0. The van der Waals surface area contributed by atoms with E-state index in [4.69, 9.17) is 9.97 Å². The van der Waals surface area contributed by atoms with Crippen LogP contribution in [0, 0.1) is 0 Å². The second-order valence-electron chi connectivity index (χ2n) is 8.38. The monoisotopic (exact) mass is 498 g/mol. The molecule has 0 spiro atoms. The number of hydrogen-bond acceptors (Lipinski definition) is 6. The van der Waals surface area contributed by atoms with Gasteiger partial charge < -0.3 is 0 Å². The molecule has 0 saturated heterocycles. The molecule has 170 valence electrons. The average Bonchev–Trinajstić information content (AvgIpc) is 3.67. The lowest BCUT2D eigenvalue weighted by atomic mass is 9.86. The molecular formula is C30H18N4S2. The molecule has 4 nitrogen and oxygen atoms in total. The maximum absolute atomic E-state index is 4.76. The number of benzene rings is 3. The van der Waals surface area contributed by atoms with E-state index in [1.807, 2.05) is 35.5 Å². The van der Waals surface area contributed by atoms with Gasteiger partial charge in [-0.15, -0.1) is 22.7 Å². The van der Waals surface area contributed by atoms with Gasteiger partial charge in [0.05, 0.1) is 11.4 Å². The van der Waals surface area contributed by atoms with Crippen LogP contribution in [0.1, 0.15) is 0 Å². The molecule has 0 fully saturated rings. The topological polar surface area (TPSA) is 51.6 Å². The van der Waals surface area contributed by atoms with Crippen molar-refractivity contribution >= 4 is 44.2 Å². The van der Waals surface area contributed by atoms with Crippen molar-refractivity contribution in [3.63, 3.8) is 0 Å². The molecule has 4 aromatic heterocycles. The summed E-state index contributed by atoms with van der Waals surface area (Å²) in [6, 6.07) is 25.6. The third kappa shape index (κ3) is 3.50. The SMILES string of the molecule is c1ccc2c(-c3ccc(-c4nccs4)nc3)c3ccccc3c(-c3ccc(-c4nccs4)nc3)c2c1. The lowest BCUT2D eigenvalue weighted by Crippen LogP contribution is -1.92. The fourth-order valence-corrected chi connectivity index (χ4v) is 6.01. The van der Waals surface area contributed by atoms with Gasteiger partial charge in [0.25, 0.3) is 0 Å². The molecule has 0 bridgehead atoms. The third-order valence-electron chi connectivity index (χ3n) is 6.34. The van der Waals surface area contributed by atoms with E-state index < -0.39 is 0 Å². The Morgan fingerprint density at radius 3 is 1.17 bits per heavy atom. The number of rotatable bonds is 4. The molecule has 0 unspecified atom stereocenters. The fourth-order valence-electron chi connectivity index (χ4n) is 4.79. The summed E-state index contributed by atoms with van der Waals surface area (Å²) in [7, 11) is 0. The minimum atomic E-state index is 0.894. The first kappa shape index (κ1) is 21.1. The maximum Gasteiger partial charge on any atom is 0.141 e. The molecule has 0 aliphatic heterocycles. The van der Waals surface area contributed by atoms with E-state index in [9.17, 15) is 0 Å². The third-order valence-corrected chi connectivity index (χ3v) is 7.93. The molecule has 3 aromatic carbocycles. The van der Waals surface area contributed by atoms with Gasteiger partial charge in [-0.2, -0.15) is 0 Å². The van der Waals surface area contributed by atoms with Crippen LogP contribution in [-0.4, -0.2) is 19.9 Å².